The van der Waals surface area contributed by atoms with Crippen LogP contribution in [0.4, 0.5) is 29.3 Å². The van der Waals surface area contributed by atoms with Crippen molar-refractivity contribution >= 4 is 17.4 Å². The van der Waals surface area contributed by atoms with Crippen molar-refractivity contribution in [1.82, 2.24) is 4.98 Å². The number of hydrogen-bond donors (Lipinski definition) is 2. The topological polar surface area (TPSA) is 72.5 Å². The summed E-state index contributed by atoms with van der Waals surface area (Å²) in [5.41, 5.74) is -0.625. The number of carbonyl (C=O) groups is 1. The molecule has 6 nitrogen and oxygen atoms in total. The van der Waals surface area contributed by atoms with E-state index in [2.05, 4.69) is 15.6 Å². The molecule has 0 bridgehead atoms. The second-order valence-electron chi connectivity index (χ2n) is 8.74. The number of nitrogens with one attached hydrogen (secondary N) is 2. The molecule has 0 aliphatic carbocycles. The minimum Gasteiger partial charge on any atom is -0.437 e. The number of hydrogen-bond acceptors (Lipinski definition) is 4. The quantitative estimate of drug-likeness (QED) is 0.376. The van der Waals surface area contributed by atoms with Crippen molar-refractivity contribution in [3.05, 3.63) is 77.7 Å². The van der Waals surface area contributed by atoms with Crippen LogP contribution in [0, 0.1) is 5.82 Å². The van der Waals surface area contributed by atoms with E-state index in [1.165, 1.54) is 36.5 Å². The van der Waals surface area contributed by atoms with Gasteiger partial charge in [0.05, 0.1) is 12.3 Å². The van der Waals surface area contributed by atoms with Gasteiger partial charge in [-0.3, -0.25) is 0 Å². The molecule has 9 heteroatoms. The van der Waals surface area contributed by atoms with Crippen molar-refractivity contribution in [2.24, 2.45) is 0 Å². The van der Waals surface area contributed by atoms with Crippen LogP contribution in [-0.4, -0.2) is 23.5 Å². The number of carbonyl (C=O) groups excluding carboxylic acids is 1. The summed E-state index contributed by atoms with van der Waals surface area (Å²) < 4.78 is 54.7. The van der Waals surface area contributed by atoms with Crippen molar-refractivity contribution in [1.29, 1.82) is 0 Å². The molecular formula is C26H26F3N3O3. The molecule has 1 aromatic heterocycles. The average Bonchev–Trinajstić information content (AvgIpc) is 2.75. The lowest BCUT2D eigenvalue weighted by Gasteiger charge is -2.46. The summed E-state index contributed by atoms with van der Waals surface area (Å²) in [7, 11) is 0. The van der Waals surface area contributed by atoms with Gasteiger partial charge in [-0.2, -0.15) is 0 Å². The van der Waals surface area contributed by atoms with E-state index < -0.39 is 23.4 Å². The zero-order valence-electron chi connectivity index (χ0n) is 19.6. The minimum atomic E-state index is -3.15. The first-order chi connectivity index (χ1) is 16.6. The maximum Gasteiger partial charge on any atom is 0.323 e. The van der Waals surface area contributed by atoms with E-state index in [9.17, 15) is 18.0 Å². The minimum absolute atomic E-state index is 0.0119. The molecule has 0 spiro atoms. The van der Waals surface area contributed by atoms with E-state index in [-0.39, 0.29) is 47.5 Å². The van der Waals surface area contributed by atoms with Gasteiger partial charge in [0.2, 0.25) is 5.88 Å². The van der Waals surface area contributed by atoms with Crippen LogP contribution >= 0.6 is 0 Å². The van der Waals surface area contributed by atoms with Crippen molar-refractivity contribution in [2.45, 2.75) is 44.6 Å². The molecule has 1 aliphatic heterocycles. The number of amides is 2. The van der Waals surface area contributed by atoms with Crippen molar-refractivity contribution in [2.75, 3.05) is 17.2 Å². The third kappa shape index (κ3) is 4.95. The SMILES string of the molecule is CC(C)c1ccc(NC(=O)Nc2cccnc2Oc2ccccc2C2(C(C)(F)F)CCO2)c(F)c1. The van der Waals surface area contributed by atoms with Crippen LogP contribution in [0.3, 0.4) is 0 Å². The molecule has 3 aromatic rings. The average molecular weight is 486 g/mol. The molecule has 0 saturated carbocycles. The maximum absolute atomic E-state index is 14.5. The van der Waals surface area contributed by atoms with Gasteiger partial charge in [0.15, 0.2) is 5.60 Å². The van der Waals surface area contributed by atoms with E-state index in [4.69, 9.17) is 9.47 Å². The number of urea groups is 1. The lowest BCUT2D eigenvalue weighted by Crippen LogP contribution is -2.53. The fraction of sp³-hybridized carbons (Fsp3) is 0.308. The molecule has 2 amide bonds. The second kappa shape index (κ2) is 9.58. The van der Waals surface area contributed by atoms with Crippen LogP contribution in [0.5, 0.6) is 11.6 Å². The van der Waals surface area contributed by atoms with Crippen LogP contribution in [0.2, 0.25) is 0 Å². The molecule has 2 N–H and O–H groups in total. The number of alkyl halides is 2. The lowest BCUT2D eigenvalue weighted by molar-refractivity contribution is -0.273. The number of nitrogens with zero attached hydrogens (tertiary/aromatic N) is 1. The zero-order chi connectivity index (χ0) is 25.2. The van der Waals surface area contributed by atoms with Gasteiger partial charge in [0.25, 0.3) is 5.92 Å². The number of anilines is 2. The first-order valence-electron chi connectivity index (χ1n) is 11.2. The van der Waals surface area contributed by atoms with Gasteiger partial charge < -0.3 is 20.1 Å². The predicted molar refractivity (Wildman–Crippen MR) is 127 cm³/mol. The summed E-state index contributed by atoms with van der Waals surface area (Å²) in [6, 6.07) is 13.3. The smallest absolute Gasteiger partial charge is 0.323 e. The summed E-state index contributed by atoms with van der Waals surface area (Å²) in [6.07, 6.45) is 1.57. The number of halogens is 3. The highest BCUT2D eigenvalue weighted by atomic mass is 19.3. The molecule has 35 heavy (non-hydrogen) atoms. The van der Waals surface area contributed by atoms with E-state index in [0.29, 0.717) is 0 Å². The van der Waals surface area contributed by atoms with Crippen LogP contribution < -0.4 is 15.4 Å². The molecule has 184 valence electrons. The standard InChI is InChI=1S/C26H26F3N3O3/c1-16(2)17-10-11-20(19(27)15-17)31-24(33)32-21-8-6-13-30-23(21)35-22-9-5-4-7-18(22)26(12-14-34-26)25(3,28)29/h4-11,13,15-16H,12,14H2,1-3H3,(H2,31,32,33). The molecular weight excluding hydrogens is 459 g/mol. The fourth-order valence-electron chi connectivity index (χ4n) is 3.93. The van der Waals surface area contributed by atoms with Gasteiger partial charge in [0, 0.05) is 25.1 Å². The van der Waals surface area contributed by atoms with E-state index >= 15 is 0 Å². The number of para-hydroxylation sites is 1. The highest BCUT2D eigenvalue weighted by molar-refractivity contribution is 6.00. The first-order valence-corrected chi connectivity index (χ1v) is 11.2. The van der Waals surface area contributed by atoms with Crippen LogP contribution in [0.1, 0.15) is 44.2 Å². The van der Waals surface area contributed by atoms with Gasteiger partial charge in [-0.25, -0.2) is 22.9 Å². The summed E-state index contributed by atoms with van der Waals surface area (Å²) in [4.78, 5) is 16.7. The van der Waals surface area contributed by atoms with E-state index in [1.54, 1.807) is 24.3 Å². The van der Waals surface area contributed by atoms with Crippen LogP contribution in [0.25, 0.3) is 0 Å². The fourth-order valence-corrected chi connectivity index (χ4v) is 3.93. The molecule has 1 saturated heterocycles. The Bertz CT molecular complexity index is 1220. The highest BCUT2D eigenvalue weighted by Gasteiger charge is 2.58. The monoisotopic (exact) mass is 485 g/mol. The Labute approximate surface area is 201 Å². The van der Waals surface area contributed by atoms with E-state index in [0.717, 1.165) is 12.5 Å². The summed E-state index contributed by atoms with van der Waals surface area (Å²) in [5.74, 6) is -3.45. The Kier molecular flexibility index (Phi) is 6.71. The van der Waals surface area contributed by atoms with Gasteiger partial charge in [-0.05, 0) is 41.8 Å². The van der Waals surface area contributed by atoms with Gasteiger partial charge in [-0.1, -0.05) is 38.1 Å². The number of benzene rings is 2. The summed E-state index contributed by atoms with van der Waals surface area (Å²) in [6.45, 7) is 4.91. The first kappa shape index (κ1) is 24.5. The Hall–Kier alpha value is -3.59. The van der Waals surface area contributed by atoms with Crippen molar-refractivity contribution < 1.29 is 27.4 Å². The number of ether oxygens (including phenoxy) is 2. The molecule has 1 atom stereocenters. The third-order valence-electron chi connectivity index (χ3n) is 5.97. The Morgan fingerprint density at radius 1 is 1.11 bits per heavy atom. The second-order valence-corrected chi connectivity index (χ2v) is 8.74. The molecule has 1 unspecified atom stereocenters. The summed E-state index contributed by atoms with van der Waals surface area (Å²) >= 11 is 0. The van der Waals surface area contributed by atoms with E-state index in [1.807, 2.05) is 13.8 Å². The van der Waals surface area contributed by atoms with Crippen molar-refractivity contribution in [3.8, 4) is 11.6 Å². The van der Waals surface area contributed by atoms with Crippen LogP contribution in [-0.2, 0) is 10.3 Å². The van der Waals surface area contributed by atoms with Gasteiger partial charge >= 0.3 is 6.03 Å². The largest absolute Gasteiger partial charge is 0.437 e. The summed E-state index contributed by atoms with van der Waals surface area (Å²) in [5, 5.41) is 5.04. The van der Waals surface area contributed by atoms with Crippen molar-refractivity contribution in [3.63, 3.8) is 0 Å². The zero-order valence-corrected chi connectivity index (χ0v) is 19.6. The molecule has 1 aliphatic rings. The number of aromatic nitrogens is 1. The number of rotatable bonds is 7. The third-order valence-corrected chi connectivity index (χ3v) is 5.97. The molecule has 2 heterocycles. The maximum atomic E-state index is 14.5. The molecule has 2 aromatic carbocycles. The van der Waals surface area contributed by atoms with Crippen LogP contribution in [0.15, 0.2) is 60.8 Å². The Morgan fingerprint density at radius 2 is 1.83 bits per heavy atom. The Morgan fingerprint density at radius 3 is 2.46 bits per heavy atom. The van der Waals surface area contributed by atoms with Gasteiger partial charge in [-0.15, -0.1) is 0 Å². The molecule has 1 fully saturated rings. The predicted octanol–water partition coefficient (Wildman–Crippen LogP) is 7.05. The Balaban J connectivity index is 1.55. The number of pyridine rings is 1. The molecule has 4 rings (SSSR count). The lowest BCUT2D eigenvalue weighted by atomic mass is 9.81. The highest BCUT2D eigenvalue weighted by Crippen LogP contribution is 2.52. The normalized spacial score (nSPS) is 17.6. The van der Waals surface area contributed by atoms with Gasteiger partial charge in [0.1, 0.15) is 17.3 Å². The molecule has 0 radical (unpaired) electrons.